The largest absolute Gasteiger partial charge is 0.494 e. The highest BCUT2D eigenvalue weighted by atomic mass is 32.1. The number of hydrogen-bond acceptors (Lipinski definition) is 6. The molecule has 2 N–H and O–H groups in total. The maximum Gasteiger partial charge on any atom is 0.359 e. The van der Waals surface area contributed by atoms with E-state index in [2.05, 4.69) is 16.6 Å². The maximum atomic E-state index is 11.5. The number of hydrogen-bond donors (Lipinski definition) is 1. The van der Waals surface area contributed by atoms with Gasteiger partial charge in [0.1, 0.15) is 15.8 Å². The van der Waals surface area contributed by atoms with E-state index in [0.717, 1.165) is 24.2 Å². The zero-order valence-corrected chi connectivity index (χ0v) is 12.9. The van der Waals surface area contributed by atoms with Gasteiger partial charge in [-0.2, -0.15) is 0 Å². The van der Waals surface area contributed by atoms with Crippen molar-refractivity contribution in [1.29, 1.82) is 0 Å². The SMILES string of the molecule is CCCCOc1ccc(-c2nc(C(=O)OC)c(N)s2)cc1. The Hall–Kier alpha value is -2.08. The van der Waals surface area contributed by atoms with Crippen LogP contribution in [0.2, 0.25) is 0 Å². The first-order valence-electron chi connectivity index (χ1n) is 6.73. The van der Waals surface area contributed by atoms with Crippen molar-refractivity contribution in [3.05, 3.63) is 30.0 Å². The highest BCUT2D eigenvalue weighted by Crippen LogP contribution is 2.31. The Morgan fingerprint density at radius 3 is 2.67 bits per heavy atom. The van der Waals surface area contributed by atoms with E-state index in [4.69, 9.17) is 10.5 Å². The molecule has 0 aliphatic heterocycles. The van der Waals surface area contributed by atoms with E-state index >= 15 is 0 Å². The number of nitrogens with zero attached hydrogens (tertiary/aromatic N) is 1. The summed E-state index contributed by atoms with van der Waals surface area (Å²) in [7, 11) is 1.31. The van der Waals surface area contributed by atoms with E-state index in [9.17, 15) is 4.79 Å². The van der Waals surface area contributed by atoms with Crippen molar-refractivity contribution in [2.45, 2.75) is 19.8 Å². The number of anilines is 1. The lowest BCUT2D eigenvalue weighted by atomic mass is 10.2. The zero-order valence-electron chi connectivity index (χ0n) is 12.1. The van der Waals surface area contributed by atoms with Gasteiger partial charge in [-0.3, -0.25) is 0 Å². The molecule has 1 aromatic carbocycles. The van der Waals surface area contributed by atoms with Crippen molar-refractivity contribution in [2.24, 2.45) is 0 Å². The number of rotatable bonds is 6. The van der Waals surface area contributed by atoms with Crippen LogP contribution in [0.25, 0.3) is 10.6 Å². The molecule has 1 heterocycles. The first-order valence-corrected chi connectivity index (χ1v) is 7.55. The fourth-order valence-corrected chi connectivity index (χ4v) is 2.55. The average molecular weight is 306 g/mol. The molecule has 0 amide bonds. The topological polar surface area (TPSA) is 74.4 Å². The molecule has 1 aromatic heterocycles. The van der Waals surface area contributed by atoms with Gasteiger partial charge in [-0.15, -0.1) is 0 Å². The van der Waals surface area contributed by atoms with E-state index < -0.39 is 5.97 Å². The molecule has 112 valence electrons. The molecule has 5 nitrogen and oxygen atoms in total. The Kier molecular flexibility index (Phi) is 5.16. The van der Waals surface area contributed by atoms with Gasteiger partial charge in [0.25, 0.3) is 0 Å². The quantitative estimate of drug-likeness (QED) is 0.654. The fraction of sp³-hybridized carbons (Fsp3) is 0.333. The predicted octanol–water partition coefficient (Wildman–Crippen LogP) is 3.36. The molecule has 0 aliphatic rings. The summed E-state index contributed by atoms with van der Waals surface area (Å²) in [5.74, 6) is 0.305. The first kappa shape index (κ1) is 15.3. The highest BCUT2D eigenvalue weighted by molar-refractivity contribution is 7.19. The molecule has 0 aliphatic carbocycles. The van der Waals surface area contributed by atoms with Gasteiger partial charge in [-0.25, -0.2) is 9.78 Å². The van der Waals surface area contributed by atoms with Gasteiger partial charge in [-0.05, 0) is 30.7 Å². The Bertz CT molecular complexity index is 608. The number of thiazole rings is 1. The molecule has 2 rings (SSSR count). The first-order chi connectivity index (χ1) is 10.2. The molecule has 2 aromatic rings. The van der Waals surface area contributed by atoms with Gasteiger partial charge in [0.15, 0.2) is 5.69 Å². The lowest BCUT2D eigenvalue weighted by Gasteiger charge is -2.05. The van der Waals surface area contributed by atoms with Crippen LogP contribution in [0.1, 0.15) is 30.3 Å². The number of benzene rings is 1. The molecular weight excluding hydrogens is 288 g/mol. The number of carbonyl (C=O) groups excluding carboxylic acids is 1. The average Bonchev–Trinajstić information content (AvgIpc) is 2.89. The van der Waals surface area contributed by atoms with Gasteiger partial charge >= 0.3 is 5.97 Å². The number of methoxy groups -OCH3 is 1. The van der Waals surface area contributed by atoms with Crippen molar-refractivity contribution in [1.82, 2.24) is 4.98 Å². The van der Waals surface area contributed by atoms with Crippen LogP contribution in [0.15, 0.2) is 24.3 Å². The van der Waals surface area contributed by atoms with Crippen LogP contribution in [0, 0.1) is 0 Å². The second-order valence-electron chi connectivity index (χ2n) is 4.45. The van der Waals surface area contributed by atoms with Crippen molar-refractivity contribution in [3.63, 3.8) is 0 Å². The minimum Gasteiger partial charge on any atom is -0.494 e. The smallest absolute Gasteiger partial charge is 0.359 e. The van der Waals surface area contributed by atoms with Gasteiger partial charge in [0, 0.05) is 5.56 Å². The van der Waals surface area contributed by atoms with Gasteiger partial charge < -0.3 is 15.2 Å². The number of unbranched alkanes of at least 4 members (excludes halogenated alkanes) is 1. The van der Waals surface area contributed by atoms with Crippen molar-refractivity contribution < 1.29 is 14.3 Å². The molecule has 0 saturated heterocycles. The van der Waals surface area contributed by atoms with E-state index in [0.29, 0.717) is 16.6 Å². The number of nitrogen functional groups attached to an aromatic ring is 1. The van der Waals surface area contributed by atoms with Crippen LogP contribution >= 0.6 is 11.3 Å². The summed E-state index contributed by atoms with van der Waals surface area (Å²) in [6.45, 7) is 2.84. The summed E-state index contributed by atoms with van der Waals surface area (Å²) in [6.07, 6.45) is 2.14. The Morgan fingerprint density at radius 1 is 1.33 bits per heavy atom. The number of nitrogens with two attached hydrogens (primary N) is 1. The molecule has 0 bridgehead atoms. The Morgan fingerprint density at radius 2 is 2.05 bits per heavy atom. The summed E-state index contributed by atoms with van der Waals surface area (Å²) in [6, 6.07) is 7.59. The van der Waals surface area contributed by atoms with E-state index in [1.165, 1.54) is 18.4 Å². The molecule has 0 saturated carbocycles. The zero-order chi connectivity index (χ0) is 15.2. The monoisotopic (exact) mass is 306 g/mol. The van der Waals surface area contributed by atoms with Crippen LogP contribution in [0.3, 0.4) is 0 Å². The summed E-state index contributed by atoms with van der Waals surface area (Å²) in [5.41, 5.74) is 6.86. The summed E-state index contributed by atoms with van der Waals surface area (Å²) >= 11 is 1.26. The molecule has 0 atom stereocenters. The van der Waals surface area contributed by atoms with Gasteiger partial charge in [-0.1, -0.05) is 24.7 Å². The van der Waals surface area contributed by atoms with E-state index in [1.54, 1.807) is 0 Å². The molecular formula is C15H18N2O3S. The fourth-order valence-electron chi connectivity index (χ4n) is 1.73. The number of esters is 1. The van der Waals surface area contributed by atoms with Crippen LogP contribution in [0.5, 0.6) is 5.75 Å². The molecule has 6 heteroatoms. The highest BCUT2D eigenvalue weighted by Gasteiger charge is 2.17. The molecule has 0 radical (unpaired) electrons. The summed E-state index contributed by atoms with van der Waals surface area (Å²) < 4.78 is 10.3. The van der Waals surface area contributed by atoms with Gasteiger partial charge in [0.05, 0.1) is 13.7 Å². The molecule has 0 unspecified atom stereocenters. The second-order valence-corrected chi connectivity index (χ2v) is 5.48. The third kappa shape index (κ3) is 3.72. The van der Waals surface area contributed by atoms with Crippen LogP contribution < -0.4 is 10.5 Å². The van der Waals surface area contributed by atoms with E-state index in [-0.39, 0.29) is 5.69 Å². The summed E-state index contributed by atoms with van der Waals surface area (Å²) in [5, 5.41) is 1.05. The Balaban J connectivity index is 2.13. The minimum absolute atomic E-state index is 0.167. The molecule has 0 fully saturated rings. The van der Waals surface area contributed by atoms with Crippen LogP contribution in [-0.2, 0) is 4.74 Å². The molecule has 0 spiro atoms. The third-order valence-electron chi connectivity index (χ3n) is 2.90. The van der Waals surface area contributed by atoms with Crippen molar-refractivity contribution >= 4 is 22.3 Å². The summed E-state index contributed by atoms with van der Waals surface area (Å²) in [4.78, 5) is 15.7. The Labute approximate surface area is 127 Å². The predicted molar refractivity (Wildman–Crippen MR) is 83.7 cm³/mol. The minimum atomic E-state index is -0.519. The van der Waals surface area contributed by atoms with E-state index in [1.807, 2.05) is 24.3 Å². The normalized spacial score (nSPS) is 10.4. The number of aromatic nitrogens is 1. The van der Waals surface area contributed by atoms with Gasteiger partial charge in [0.2, 0.25) is 0 Å². The number of ether oxygens (including phenoxy) is 2. The van der Waals surface area contributed by atoms with Crippen LogP contribution in [0.4, 0.5) is 5.00 Å². The van der Waals surface area contributed by atoms with Crippen molar-refractivity contribution in [2.75, 3.05) is 19.5 Å². The maximum absolute atomic E-state index is 11.5. The molecule has 21 heavy (non-hydrogen) atoms. The standard InChI is InChI=1S/C15H18N2O3S/c1-3-4-9-20-11-7-5-10(6-8-11)14-17-12(13(16)21-14)15(18)19-2/h5-8H,3-4,9,16H2,1-2H3. The lowest BCUT2D eigenvalue weighted by Crippen LogP contribution is -2.04. The lowest BCUT2D eigenvalue weighted by molar-refractivity contribution is 0.0596. The number of carbonyl (C=O) groups is 1. The second kappa shape index (κ2) is 7.08. The van der Waals surface area contributed by atoms with Crippen LogP contribution in [-0.4, -0.2) is 24.7 Å². The van der Waals surface area contributed by atoms with Crippen molar-refractivity contribution in [3.8, 4) is 16.3 Å². The third-order valence-corrected chi connectivity index (χ3v) is 3.83.